The number of ether oxygens (including phenoxy) is 2. The van der Waals surface area contributed by atoms with E-state index in [1.165, 1.54) is 96.3 Å². The molecule has 0 radical (unpaired) electrons. The van der Waals surface area contributed by atoms with Crippen LogP contribution in [-0.2, 0) is 9.47 Å². The lowest BCUT2D eigenvalue weighted by Crippen LogP contribution is -2.51. The Balaban J connectivity index is 1.87. The van der Waals surface area contributed by atoms with Crippen molar-refractivity contribution in [2.75, 3.05) is 27.2 Å². The average molecular weight is 429 g/mol. The Morgan fingerprint density at radius 3 is 1.73 bits per heavy atom. The second-order valence-corrected chi connectivity index (χ2v) is 10.2. The van der Waals surface area contributed by atoms with Gasteiger partial charge >= 0.3 is 0 Å². The van der Waals surface area contributed by atoms with Gasteiger partial charge in [-0.2, -0.15) is 0 Å². The van der Waals surface area contributed by atoms with E-state index in [1.807, 2.05) is 6.92 Å². The van der Waals surface area contributed by atoms with Gasteiger partial charge < -0.3 is 14.3 Å². The fourth-order valence-corrected chi connectivity index (χ4v) is 4.31. The summed E-state index contributed by atoms with van der Waals surface area (Å²) < 4.78 is 12.8. The summed E-state index contributed by atoms with van der Waals surface area (Å²) in [6.45, 7) is 5.73. The first kappa shape index (κ1) is 27.9. The average Bonchev–Trinajstić information content (AvgIpc) is 3.19. The second kappa shape index (κ2) is 17.4. The van der Waals surface area contributed by atoms with Gasteiger partial charge in [0.25, 0.3) is 0 Å². The monoisotopic (exact) mass is 428 g/mol. The summed E-state index contributed by atoms with van der Waals surface area (Å²) in [7, 11) is 4.35. The number of hydrogen-bond acceptors (Lipinski definition) is 3. The highest BCUT2D eigenvalue weighted by molar-refractivity contribution is 4.60. The summed E-state index contributed by atoms with van der Waals surface area (Å²) in [5.41, 5.74) is 0. The standard InChI is InChI=1S/C26H54NO3/c1-5-6-7-8-9-10-11-12-13-14-15-16-17-18-19-20-26-29-23-25(30-26)27(3,4)22-21-24(2)28/h24-26,28H,5-23H2,1-4H3/q+1. The molecule has 1 rings (SSSR count). The molecule has 1 aliphatic rings. The highest BCUT2D eigenvalue weighted by Gasteiger charge is 2.37. The lowest BCUT2D eigenvalue weighted by atomic mass is 10.0. The minimum atomic E-state index is -0.249. The second-order valence-electron chi connectivity index (χ2n) is 10.2. The van der Waals surface area contributed by atoms with E-state index in [9.17, 15) is 5.11 Å². The number of nitrogens with zero attached hydrogens (tertiary/aromatic N) is 1. The van der Waals surface area contributed by atoms with Crippen molar-refractivity contribution in [2.45, 2.75) is 142 Å². The molecule has 0 aromatic rings. The van der Waals surface area contributed by atoms with Crippen molar-refractivity contribution in [3.8, 4) is 0 Å². The van der Waals surface area contributed by atoms with Crippen molar-refractivity contribution in [3.63, 3.8) is 0 Å². The lowest BCUT2D eigenvalue weighted by molar-refractivity contribution is -0.934. The zero-order valence-corrected chi connectivity index (χ0v) is 20.9. The minimum absolute atomic E-state index is 0.0269. The Morgan fingerprint density at radius 1 is 0.800 bits per heavy atom. The Labute approximate surface area is 188 Å². The molecule has 0 saturated carbocycles. The molecule has 0 spiro atoms. The van der Waals surface area contributed by atoms with Crippen LogP contribution in [0.15, 0.2) is 0 Å². The highest BCUT2D eigenvalue weighted by Crippen LogP contribution is 2.23. The molecule has 0 aromatic heterocycles. The fraction of sp³-hybridized carbons (Fsp3) is 1.00. The van der Waals surface area contributed by atoms with E-state index in [1.54, 1.807) is 0 Å². The number of aliphatic hydroxyl groups is 1. The Bertz CT molecular complexity index is 386. The Morgan fingerprint density at radius 2 is 1.27 bits per heavy atom. The van der Waals surface area contributed by atoms with Gasteiger partial charge in [-0.3, -0.25) is 4.74 Å². The quantitative estimate of drug-likeness (QED) is 0.171. The summed E-state index contributed by atoms with van der Waals surface area (Å²) in [4.78, 5) is 0. The van der Waals surface area contributed by atoms with E-state index in [4.69, 9.17) is 9.47 Å². The van der Waals surface area contributed by atoms with Gasteiger partial charge in [-0.15, -0.1) is 0 Å². The van der Waals surface area contributed by atoms with Gasteiger partial charge in [0.05, 0.1) is 26.7 Å². The van der Waals surface area contributed by atoms with Crippen LogP contribution in [0.25, 0.3) is 0 Å². The SMILES string of the molecule is CCCCCCCCCCCCCCCCCC1OCC([N+](C)(C)CCC(C)O)O1. The molecule has 4 nitrogen and oxygen atoms in total. The third kappa shape index (κ3) is 14.0. The van der Waals surface area contributed by atoms with E-state index in [2.05, 4.69) is 21.0 Å². The van der Waals surface area contributed by atoms with Gasteiger partial charge in [-0.1, -0.05) is 96.8 Å². The van der Waals surface area contributed by atoms with Gasteiger partial charge in [0.1, 0.15) is 6.61 Å². The van der Waals surface area contributed by atoms with Crippen molar-refractivity contribution < 1.29 is 19.1 Å². The first-order valence-corrected chi connectivity index (χ1v) is 13.2. The third-order valence-electron chi connectivity index (χ3n) is 6.68. The molecule has 180 valence electrons. The number of hydrogen-bond donors (Lipinski definition) is 1. The number of aliphatic hydroxyl groups excluding tert-OH is 1. The van der Waals surface area contributed by atoms with E-state index >= 15 is 0 Å². The predicted molar refractivity (Wildman–Crippen MR) is 127 cm³/mol. The molecule has 1 heterocycles. The lowest BCUT2D eigenvalue weighted by Gasteiger charge is -2.34. The van der Waals surface area contributed by atoms with Crippen LogP contribution in [0.1, 0.15) is 123 Å². The summed E-state index contributed by atoms with van der Waals surface area (Å²) in [5.74, 6) is 0. The van der Waals surface area contributed by atoms with Crippen LogP contribution in [0, 0.1) is 0 Å². The number of quaternary nitrogens is 1. The molecule has 1 N–H and O–H groups in total. The zero-order chi connectivity index (χ0) is 22.1. The van der Waals surface area contributed by atoms with E-state index in [-0.39, 0.29) is 18.6 Å². The number of unbranched alkanes of at least 4 members (excludes halogenated alkanes) is 14. The molecule has 3 unspecified atom stereocenters. The Hall–Kier alpha value is -0.160. The molecular weight excluding hydrogens is 374 g/mol. The molecule has 1 saturated heterocycles. The van der Waals surface area contributed by atoms with Crippen LogP contribution >= 0.6 is 0 Å². The number of rotatable bonds is 20. The van der Waals surface area contributed by atoms with Crippen molar-refractivity contribution in [2.24, 2.45) is 0 Å². The fourth-order valence-electron chi connectivity index (χ4n) is 4.31. The van der Waals surface area contributed by atoms with E-state index < -0.39 is 0 Å². The molecular formula is C26H54NO3+. The van der Waals surface area contributed by atoms with Gasteiger partial charge in [0.2, 0.25) is 6.23 Å². The largest absolute Gasteiger partial charge is 0.393 e. The predicted octanol–water partition coefficient (Wildman–Crippen LogP) is 6.79. The molecule has 0 bridgehead atoms. The smallest absolute Gasteiger partial charge is 0.219 e. The van der Waals surface area contributed by atoms with Crippen LogP contribution in [-0.4, -0.2) is 55.5 Å². The van der Waals surface area contributed by atoms with Crippen LogP contribution in [0.4, 0.5) is 0 Å². The van der Waals surface area contributed by atoms with E-state index in [0.29, 0.717) is 6.61 Å². The maximum absolute atomic E-state index is 9.53. The molecule has 0 aliphatic carbocycles. The van der Waals surface area contributed by atoms with Gasteiger partial charge in [-0.05, 0) is 19.8 Å². The molecule has 30 heavy (non-hydrogen) atoms. The molecule has 1 fully saturated rings. The summed E-state index contributed by atoms with van der Waals surface area (Å²) in [6, 6.07) is 0. The zero-order valence-electron chi connectivity index (χ0n) is 20.9. The van der Waals surface area contributed by atoms with Crippen molar-refractivity contribution >= 4 is 0 Å². The maximum atomic E-state index is 9.53. The topological polar surface area (TPSA) is 38.7 Å². The van der Waals surface area contributed by atoms with Gasteiger partial charge in [0.15, 0.2) is 6.29 Å². The van der Waals surface area contributed by atoms with Crippen LogP contribution in [0.3, 0.4) is 0 Å². The van der Waals surface area contributed by atoms with Gasteiger partial charge in [0, 0.05) is 6.42 Å². The van der Waals surface area contributed by atoms with Crippen LogP contribution in [0.2, 0.25) is 0 Å². The Kier molecular flexibility index (Phi) is 16.2. The summed E-state index contributed by atoms with van der Waals surface area (Å²) in [6.07, 6.45) is 22.6. The normalized spacial score (nSPS) is 20.7. The summed E-state index contributed by atoms with van der Waals surface area (Å²) >= 11 is 0. The first-order valence-electron chi connectivity index (χ1n) is 13.2. The van der Waals surface area contributed by atoms with E-state index in [0.717, 1.165) is 23.9 Å². The van der Waals surface area contributed by atoms with Crippen molar-refractivity contribution in [3.05, 3.63) is 0 Å². The van der Waals surface area contributed by atoms with Crippen LogP contribution < -0.4 is 0 Å². The molecule has 3 atom stereocenters. The molecule has 4 heteroatoms. The molecule has 0 aromatic carbocycles. The maximum Gasteiger partial charge on any atom is 0.219 e. The van der Waals surface area contributed by atoms with Crippen LogP contribution in [0.5, 0.6) is 0 Å². The van der Waals surface area contributed by atoms with Crippen molar-refractivity contribution in [1.82, 2.24) is 0 Å². The highest BCUT2D eigenvalue weighted by atomic mass is 16.7. The molecule has 1 aliphatic heterocycles. The van der Waals surface area contributed by atoms with Crippen molar-refractivity contribution in [1.29, 1.82) is 0 Å². The minimum Gasteiger partial charge on any atom is -0.393 e. The number of likely N-dealkylation sites (N-methyl/N-ethyl adjacent to an activating group) is 1. The summed E-state index contributed by atoms with van der Waals surface area (Å²) in [5, 5.41) is 9.53. The first-order chi connectivity index (χ1) is 14.5. The molecule has 0 amide bonds. The third-order valence-corrected chi connectivity index (χ3v) is 6.68. The van der Waals surface area contributed by atoms with Gasteiger partial charge in [-0.25, -0.2) is 0 Å².